The van der Waals surface area contributed by atoms with E-state index >= 15 is 0 Å². The number of aliphatic hydroxyl groups excluding tert-OH is 5. The smallest absolute Gasteiger partial charge is 0.220 e. The predicted octanol–water partition coefficient (Wildman–Crippen LogP) is 17.0. The first kappa shape index (κ1) is 71.9. The molecule has 7 unspecified atom stereocenters. The van der Waals surface area contributed by atoms with Crippen molar-refractivity contribution in [3.8, 4) is 0 Å². The quantitative estimate of drug-likeness (QED) is 0.0261. The van der Waals surface area contributed by atoms with Crippen molar-refractivity contribution >= 4 is 5.91 Å². The Labute approximate surface area is 468 Å². The van der Waals surface area contributed by atoms with Crippen LogP contribution in [-0.2, 0) is 14.3 Å². The van der Waals surface area contributed by atoms with Crippen molar-refractivity contribution in [3.63, 3.8) is 0 Å². The summed E-state index contributed by atoms with van der Waals surface area (Å²) in [5.41, 5.74) is 0. The summed E-state index contributed by atoms with van der Waals surface area (Å²) in [6.07, 6.45) is 70.2. The van der Waals surface area contributed by atoms with Crippen LogP contribution in [0.4, 0.5) is 0 Å². The normalized spacial score (nSPS) is 19.2. The molecule has 0 aromatic heterocycles. The summed E-state index contributed by atoms with van der Waals surface area (Å²) in [7, 11) is 0. The third kappa shape index (κ3) is 44.7. The van der Waals surface area contributed by atoms with Crippen LogP contribution in [0.25, 0.3) is 0 Å². The largest absolute Gasteiger partial charge is 0.394 e. The van der Waals surface area contributed by atoms with Crippen LogP contribution in [-0.4, -0.2) is 87.5 Å². The highest BCUT2D eigenvalue weighted by atomic mass is 16.7. The zero-order valence-corrected chi connectivity index (χ0v) is 49.5. The lowest BCUT2D eigenvalue weighted by Gasteiger charge is -2.40. The van der Waals surface area contributed by atoms with Crippen molar-refractivity contribution in [2.24, 2.45) is 0 Å². The molecule has 0 saturated carbocycles. The zero-order chi connectivity index (χ0) is 55.0. The first-order valence-electron chi connectivity index (χ1n) is 32.5. The van der Waals surface area contributed by atoms with Gasteiger partial charge in [-0.1, -0.05) is 280 Å². The summed E-state index contributed by atoms with van der Waals surface area (Å²) in [4.78, 5) is 13.1. The van der Waals surface area contributed by atoms with E-state index in [1.54, 1.807) is 6.08 Å². The fourth-order valence-electron chi connectivity index (χ4n) is 10.2. The third-order valence-corrected chi connectivity index (χ3v) is 15.3. The first-order valence-corrected chi connectivity index (χ1v) is 32.5. The molecule has 0 aliphatic carbocycles. The fraction of sp³-hybridized carbons (Fsp3) is 0.836. The van der Waals surface area contributed by atoms with Gasteiger partial charge in [0.25, 0.3) is 0 Å². The molecular weight excluding hydrogens is 947 g/mol. The van der Waals surface area contributed by atoms with Crippen molar-refractivity contribution in [3.05, 3.63) is 60.8 Å². The minimum atomic E-state index is -1.58. The molecule has 0 bridgehead atoms. The Morgan fingerprint density at radius 1 is 0.447 bits per heavy atom. The molecule has 9 heteroatoms. The molecule has 7 atom stereocenters. The molecule has 1 amide bonds. The molecule has 1 saturated heterocycles. The number of rotatable bonds is 56. The molecule has 1 aliphatic heterocycles. The number of allylic oxidation sites excluding steroid dienone is 9. The van der Waals surface area contributed by atoms with Crippen LogP contribution < -0.4 is 5.32 Å². The lowest BCUT2D eigenvalue weighted by molar-refractivity contribution is -0.302. The van der Waals surface area contributed by atoms with E-state index in [4.69, 9.17) is 9.47 Å². The Hall–Kier alpha value is -2.11. The number of carbonyl (C=O) groups is 1. The summed E-state index contributed by atoms with van der Waals surface area (Å²) in [6.45, 7) is 3.78. The lowest BCUT2D eigenvalue weighted by Crippen LogP contribution is -2.60. The molecule has 1 rings (SSSR count). The molecule has 1 aliphatic rings. The number of amides is 1. The fourth-order valence-corrected chi connectivity index (χ4v) is 10.2. The molecule has 0 spiro atoms. The van der Waals surface area contributed by atoms with Gasteiger partial charge in [0.15, 0.2) is 6.29 Å². The van der Waals surface area contributed by atoms with Crippen molar-refractivity contribution < 1.29 is 39.8 Å². The number of hydrogen-bond donors (Lipinski definition) is 6. The molecule has 1 fully saturated rings. The van der Waals surface area contributed by atoms with Crippen LogP contribution in [0.3, 0.4) is 0 Å². The maximum Gasteiger partial charge on any atom is 0.220 e. The highest BCUT2D eigenvalue weighted by Crippen LogP contribution is 2.23. The van der Waals surface area contributed by atoms with Gasteiger partial charge in [-0.05, 0) is 77.0 Å². The zero-order valence-electron chi connectivity index (χ0n) is 49.5. The van der Waals surface area contributed by atoms with Crippen molar-refractivity contribution in [2.45, 2.75) is 346 Å². The Morgan fingerprint density at radius 2 is 0.789 bits per heavy atom. The summed E-state index contributed by atoms with van der Waals surface area (Å²) >= 11 is 0. The second-order valence-corrected chi connectivity index (χ2v) is 22.5. The van der Waals surface area contributed by atoms with E-state index in [0.29, 0.717) is 6.42 Å². The average Bonchev–Trinajstić information content (AvgIpc) is 3.42. The van der Waals surface area contributed by atoms with E-state index in [1.807, 2.05) is 6.08 Å². The van der Waals surface area contributed by atoms with Crippen LogP contribution in [0, 0.1) is 0 Å². The molecule has 0 aromatic carbocycles. The summed E-state index contributed by atoms with van der Waals surface area (Å²) < 4.78 is 11.3. The minimum Gasteiger partial charge on any atom is -0.394 e. The van der Waals surface area contributed by atoms with Gasteiger partial charge in [0.1, 0.15) is 24.4 Å². The van der Waals surface area contributed by atoms with Crippen LogP contribution in [0.1, 0.15) is 303 Å². The monoisotopic (exact) mass is 1070 g/mol. The number of hydrogen-bond acceptors (Lipinski definition) is 8. The summed E-state index contributed by atoms with van der Waals surface area (Å²) in [5, 5.41) is 54.6. The first-order chi connectivity index (χ1) is 37.3. The van der Waals surface area contributed by atoms with Gasteiger partial charge in [-0.2, -0.15) is 0 Å². The van der Waals surface area contributed by atoms with Gasteiger partial charge >= 0.3 is 0 Å². The van der Waals surface area contributed by atoms with Gasteiger partial charge in [-0.25, -0.2) is 0 Å². The molecule has 1 heterocycles. The third-order valence-electron chi connectivity index (χ3n) is 15.3. The number of aliphatic hydroxyl groups is 5. The summed E-state index contributed by atoms with van der Waals surface area (Å²) in [5.74, 6) is -0.190. The van der Waals surface area contributed by atoms with E-state index in [0.717, 1.165) is 51.4 Å². The Kier molecular flexibility index (Phi) is 53.1. The van der Waals surface area contributed by atoms with Crippen LogP contribution in [0.2, 0.25) is 0 Å². The molecule has 76 heavy (non-hydrogen) atoms. The van der Waals surface area contributed by atoms with Gasteiger partial charge in [-0.15, -0.1) is 0 Å². The molecule has 9 nitrogen and oxygen atoms in total. The average molecular weight is 1070 g/mol. The van der Waals surface area contributed by atoms with Gasteiger partial charge in [0, 0.05) is 6.42 Å². The Balaban J connectivity index is 2.21. The lowest BCUT2D eigenvalue weighted by atomic mass is 9.99. The van der Waals surface area contributed by atoms with Crippen LogP contribution in [0.15, 0.2) is 60.8 Å². The SMILES string of the molecule is CCCCCCC/C=C\C/C=C\CCCCCCCCCCCCCCCC(=O)NC(COC1OC(CO)C(O)C(O)C1O)C(O)/C=C/CC/C=C/CC/C=C/CCCCCCCCCCCCCCCCCCCC. The highest BCUT2D eigenvalue weighted by molar-refractivity contribution is 5.76. The Morgan fingerprint density at radius 3 is 1.18 bits per heavy atom. The number of ether oxygens (including phenoxy) is 2. The van der Waals surface area contributed by atoms with Gasteiger partial charge < -0.3 is 40.3 Å². The van der Waals surface area contributed by atoms with Crippen LogP contribution in [0.5, 0.6) is 0 Å². The maximum atomic E-state index is 13.1. The molecule has 444 valence electrons. The van der Waals surface area contributed by atoms with E-state index < -0.39 is 49.5 Å². The van der Waals surface area contributed by atoms with Gasteiger partial charge in [0.05, 0.1) is 25.4 Å². The number of nitrogens with one attached hydrogen (secondary N) is 1. The van der Waals surface area contributed by atoms with Gasteiger partial charge in [0.2, 0.25) is 5.91 Å². The van der Waals surface area contributed by atoms with E-state index in [1.165, 1.54) is 231 Å². The maximum absolute atomic E-state index is 13.1. The molecule has 0 aromatic rings. The topological polar surface area (TPSA) is 149 Å². The molecule has 6 N–H and O–H groups in total. The number of carbonyl (C=O) groups excluding carboxylic acids is 1. The minimum absolute atomic E-state index is 0.190. The van der Waals surface area contributed by atoms with E-state index in [-0.39, 0.29) is 12.5 Å². The second-order valence-electron chi connectivity index (χ2n) is 22.5. The van der Waals surface area contributed by atoms with Crippen molar-refractivity contribution in [1.82, 2.24) is 5.32 Å². The van der Waals surface area contributed by atoms with Crippen molar-refractivity contribution in [2.75, 3.05) is 13.2 Å². The van der Waals surface area contributed by atoms with Crippen molar-refractivity contribution in [1.29, 1.82) is 0 Å². The predicted molar refractivity (Wildman–Crippen MR) is 322 cm³/mol. The summed E-state index contributed by atoms with van der Waals surface area (Å²) in [6, 6.07) is -0.832. The standard InChI is InChI=1S/C67H123NO8/c1-3-5-7-9-11-13-15-17-19-21-23-25-27-29-30-31-33-34-36-38-40-42-44-46-48-50-52-54-56-61(70)60(59-75-67-66(74)65(73)64(72)62(58-69)76-67)68-63(71)57-55-53-51-49-47-45-43-41-39-37-35-32-28-26-24-22-20-18-16-14-12-10-8-6-4-2/h16,18,22,24,38,40,46,48,54,56,60-62,64-67,69-70,72-74H,3-15,17,19-21,23,25-37,39,41-45,47,49-53,55,57-59H2,1-2H3,(H,68,71)/b18-16-,24-22-,40-38+,48-46+,56-54+. The highest BCUT2D eigenvalue weighted by Gasteiger charge is 2.44. The van der Waals surface area contributed by atoms with Gasteiger partial charge in [-0.3, -0.25) is 4.79 Å². The Bertz CT molecular complexity index is 1380. The van der Waals surface area contributed by atoms with E-state index in [9.17, 15) is 30.3 Å². The number of unbranched alkanes of at least 4 members (excludes halogenated alkanes) is 38. The molecule has 0 radical (unpaired) electrons. The van der Waals surface area contributed by atoms with Crippen LogP contribution >= 0.6 is 0 Å². The second kappa shape index (κ2) is 56.2. The molecular formula is C67H123NO8. The van der Waals surface area contributed by atoms with E-state index in [2.05, 4.69) is 67.8 Å².